The zero-order valence-corrected chi connectivity index (χ0v) is 22.0. The Hall–Kier alpha value is -1.92. The number of hydrogen-bond donors (Lipinski definition) is 1. The second kappa shape index (κ2) is 8.05. The van der Waals surface area contributed by atoms with E-state index in [1.54, 1.807) is 0 Å². The van der Waals surface area contributed by atoms with Gasteiger partial charge in [0.1, 0.15) is 17.5 Å². The lowest BCUT2D eigenvalue weighted by atomic mass is 9.35. The Morgan fingerprint density at radius 3 is 2.73 bits per heavy atom. The molecule has 196 valence electrons. The molecule has 0 amide bonds. The molecule has 2 heterocycles. The third-order valence-electron chi connectivity index (χ3n) is 11.5. The van der Waals surface area contributed by atoms with Crippen LogP contribution in [0.2, 0.25) is 0 Å². The van der Waals surface area contributed by atoms with Crippen LogP contribution in [0.15, 0.2) is 42.5 Å². The summed E-state index contributed by atoms with van der Waals surface area (Å²) in [5.41, 5.74) is 4.86. The van der Waals surface area contributed by atoms with Gasteiger partial charge >= 0.3 is 0 Å². The highest BCUT2D eigenvalue weighted by atomic mass is 16.6. The van der Waals surface area contributed by atoms with E-state index in [1.807, 2.05) is 7.11 Å². The van der Waals surface area contributed by atoms with E-state index < -0.39 is 0 Å². The fraction of sp³-hybridized carbons (Fsp3) is 0.625. The molecule has 37 heavy (non-hydrogen) atoms. The number of methoxy groups -OCH3 is 1. The monoisotopic (exact) mass is 501 g/mol. The van der Waals surface area contributed by atoms with Crippen LogP contribution in [0, 0.1) is 17.3 Å². The number of aliphatic hydroxyl groups excluding tert-OH is 1. The van der Waals surface area contributed by atoms with Gasteiger partial charge in [-0.15, -0.1) is 0 Å². The zero-order valence-electron chi connectivity index (χ0n) is 22.0. The van der Waals surface area contributed by atoms with Crippen LogP contribution in [0.1, 0.15) is 60.8 Å². The molecule has 2 spiro atoms. The molecule has 5 nitrogen and oxygen atoms in total. The van der Waals surface area contributed by atoms with Crippen molar-refractivity contribution in [1.82, 2.24) is 4.90 Å². The molecule has 5 fully saturated rings. The number of aliphatic hydroxyl groups is 1. The van der Waals surface area contributed by atoms with Gasteiger partial charge in [0, 0.05) is 47.6 Å². The summed E-state index contributed by atoms with van der Waals surface area (Å²) in [5, 5.41) is 10.3. The van der Waals surface area contributed by atoms with E-state index in [0.717, 1.165) is 49.5 Å². The molecule has 2 aromatic carbocycles. The summed E-state index contributed by atoms with van der Waals surface area (Å²) in [6, 6.07) is 15.5. The third-order valence-corrected chi connectivity index (χ3v) is 11.5. The molecular weight excluding hydrogens is 462 g/mol. The van der Waals surface area contributed by atoms with Crippen LogP contribution in [-0.4, -0.2) is 54.6 Å². The molecule has 0 aromatic heterocycles. The van der Waals surface area contributed by atoms with Crippen molar-refractivity contribution in [2.45, 2.75) is 81.3 Å². The fourth-order valence-electron chi connectivity index (χ4n) is 9.83. The highest BCUT2D eigenvalue weighted by molar-refractivity contribution is 5.61. The number of nitrogens with zero attached hydrogens (tertiary/aromatic N) is 1. The van der Waals surface area contributed by atoms with Crippen molar-refractivity contribution < 1.29 is 19.3 Å². The predicted molar refractivity (Wildman–Crippen MR) is 140 cm³/mol. The Labute approximate surface area is 220 Å². The lowest BCUT2D eigenvalue weighted by Crippen LogP contribution is -2.81. The Morgan fingerprint density at radius 2 is 1.95 bits per heavy atom. The second-order valence-electron chi connectivity index (χ2n) is 12.8. The maximum Gasteiger partial charge on any atom is 0.138 e. The SMILES string of the molecule is CO[C@]12CC[C@@]3(C[C@@H]1COCc1ccccc1)[C@H]1Cc4ccc(CO)c5c4[C@@]3(CCN1CC1CC1)C2O5. The summed E-state index contributed by atoms with van der Waals surface area (Å²) in [6.45, 7) is 3.78. The molecule has 9 rings (SSSR count). The molecule has 0 radical (unpaired) electrons. The minimum Gasteiger partial charge on any atom is -0.486 e. The Kier molecular flexibility index (Phi) is 5.00. The highest BCUT2D eigenvalue weighted by Crippen LogP contribution is 2.76. The maximum atomic E-state index is 10.3. The molecule has 4 bridgehead atoms. The van der Waals surface area contributed by atoms with E-state index in [9.17, 15) is 5.11 Å². The zero-order chi connectivity index (χ0) is 24.8. The number of piperidine rings is 1. The van der Waals surface area contributed by atoms with Crippen LogP contribution in [0.4, 0.5) is 0 Å². The van der Waals surface area contributed by atoms with Crippen molar-refractivity contribution in [2.75, 3.05) is 26.8 Å². The highest BCUT2D eigenvalue weighted by Gasteiger charge is 2.80. The number of benzene rings is 2. The molecule has 1 saturated heterocycles. The minimum absolute atomic E-state index is 0.00912. The van der Waals surface area contributed by atoms with Crippen molar-refractivity contribution in [1.29, 1.82) is 0 Å². The number of ether oxygens (including phenoxy) is 3. The summed E-state index contributed by atoms with van der Waals surface area (Å²) in [7, 11) is 1.90. The summed E-state index contributed by atoms with van der Waals surface area (Å²) < 4.78 is 20.1. The van der Waals surface area contributed by atoms with Crippen LogP contribution >= 0.6 is 0 Å². The van der Waals surface area contributed by atoms with Gasteiger partial charge in [0.15, 0.2) is 0 Å². The van der Waals surface area contributed by atoms with Gasteiger partial charge in [-0.05, 0) is 68.5 Å². The van der Waals surface area contributed by atoms with E-state index in [0.29, 0.717) is 25.2 Å². The lowest BCUT2D eigenvalue weighted by molar-refractivity contribution is -0.283. The van der Waals surface area contributed by atoms with E-state index in [1.165, 1.54) is 42.5 Å². The summed E-state index contributed by atoms with van der Waals surface area (Å²) in [6.07, 6.45) is 8.40. The van der Waals surface area contributed by atoms with Crippen molar-refractivity contribution in [3.63, 3.8) is 0 Å². The van der Waals surface area contributed by atoms with E-state index in [-0.39, 0.29) is 29.1 Å². The molecule has 7 aliphatic rings. The summed E-state index contributed by atoms with van der Waals surface area (Å²) >= 11 is 0. The molecule has 2 aliphatic heterocycles. The van der Waals surface area contributed by atoms with Crippen LogP contribution in [-0.2, 0) is 34.5 Å². The summed E-state index contributed by atoms with van der Waals surface area (Å²) in [4.78, 5) is 2.88. The van der Waals surface area contributed by atoms with Gasteiger partial charge in [-0.2, -0.15) is 0 Å². The molecule has 4 saturated carbocycles. The Morgan fingerprint density at radius 1 is 1.08 bits per heavy atom. The number of likely N-dealkylation sites (tertiary alicyclic amines) is 1. The van der Waals surface area contributed by atoms with Crippen LogP contribution < -0.4 is 4.74 Å². The lowest BCUT2D eigenvalue weighted by Gasteiger charge is -2.74. The van der Waals surface area contributed by atoms with Crippen molar-refractivity contribution in [3.8, 4) is 5.75 Å². The Balaban J connectivity index is 1.22. The standard InChI is InChI=1S/C32H39NO4/c1-35-32-12-11-30(16-25(32)20-36-19-22-5-3-2-4-6-22)26-15-23-9-10-24(18-34)28-27(23)31(30,29(32)37-28)13-14-33(26)17-21-7-8-21/h2-6,9-10,21,25-26,29,34H,7-8,11-20H2,1H3/t25-,26-,29?,30-,31+,32-/m1/s1. The number of fused-ring (bicyclic) bond motifs is 2. The van der Waals surface area contributed by atoms with Gasteiger partial charge in [-0.3, -0.25) is 4.90 Å². The van der Waals surface area contributed by atoms with Gasteiger partial charge in [-0.1, -0.05) is 42.5 Å². The number of hydrogen-bond acceptors (Lipinski definition) is 5. The quantitative estimate of drug-likeness (QED) is 0.572. The Bertz CT molecular complexity index is 1210. The largest absolute Gasteiger partial charge is 0.486 e. The average Bonchev–Trinajstić information content (AvgIpc) is 3.68. The number of rotatable bonds is 8. The van der Waals surface area contributed by atoms with Crippen molar-refractivity contribution >= 4 is 0 Å². The smallest absolute Gasteiger partial charge is 0.138 e. The van der Waals surface area contributed by atoms with Gasteiger partial charge in [0.05, 0.1) is 19.8 Å². The maximum absolute atomic E-state index is 10.3. The van der Waals surface area contributed by atoms with E-state index >= 15 is 0 Å². The third kappa shape index (κ3) is 2.89. The predicted octanol–water partition coefficient (Wildman–Crippen LogP) is 4.62. The molecule has 5 aliphatic carbocycles. The first-order valence-corrected chi connectivity index (χ1v) is 14.5. The first kappa shape index (κ1) is 23.0. The van der Waals surface area contributed by atoms with Gasteiger partial charge in [0.25, 0.3) is 0 Å². The second-order valence-corrected chi connectivity index (χ2v) is 12.8. The topological polar surface area (TPSA) is 51.2 Å². The van der Waals surface area contributed by atoms with Gasteiger partial charge in [0.2, 0.25) is 0 Å². The van der Waals surface area contributed by atoms with E-state index in [4.69, 9.17) is 14.2 Å². The molecule has 2 aromatic rings. The van der Waals surface area contributed by atoms with Crippen LogP contribution in [0.25, 0.3) is 0 Å². The van der Waals surface area contributed by atoms with Crippen molar-refractivity contribution in [3.05, 3.63) is 64.7 Å². The first-order valence-electron chi connectivity index (χ1n) is 14.5. The molecular formula is C32H39NO4. The average molecular weight is 502 g/mol. The van der Waals surface area contributed by atoms with Crippen LogP contribution in [0.5, 0.6) is 5.75 Å². The van der Waals surface area contributed by atoms with Crippen molar-refractivity contribution in [2.24, 2.45) is 17.3 Å². The van der Waals surface area contributed by atoms with Gasteiger partial charge in [-0.25, -0.2) is 0 Å². The van der Waals surface area contributed by atoms with Crippen LogP contribution in [0.3, 0.4) is 0 Å². The first-order chi connectivity index (χ1) is 18.1. The fourth-order valence-corrected chi connectivity index (χ4v) is 9.83. The molecule has 5 heteroatoms. The molecule has 1 unspecified atom stereocenters. The molecule has 1 N–H and O–H groups in total. The van der Waals surface area contributed by atoms with E-state index in [2.05, 4.69) is 47.4 Å². The van der Waals surface area contributed by atoms with Gasteiger partial charge < -0.3 is 19.3 Å². The normalized spacial score (nSPS) is 38.9. The minimum atomic E-state index is -0.359. The molecule has 6 atom stereocenters. The summed E-state index contributed by atoms with van der Waals surface area (Å²) in [5.74, 6) is 2.17.